The Kier molecular flexibility index (Phi) is 7.63. The zero-order valence-electron chi connectivity index (χ0n) is 22.6. The molecule has 4 aromatic rings. The number of fused-ring (bicyclic) bond motifs is 2. The molecule has 1 aliphatic carbocycles. The first-order valence-electron chi connectivity index (χ1n) is 12.9. The standard InChI is InChI=1S/C31H31N3O5/c1-5-6-16-34-28-27(32-31(34)21-17-24(36-2)30(38-4)25(18-21)37-3)26(22-14-10-11-15-23(22)29(28)35)33-39-19-20-12-8-7-9-13-20/h7-15,17-18H,5-6,16,19H2,1-4H3/b33-26-. The van der Waals surface area contributed by atoms with Gasteiger partial charge in [0.2, 0.25) is 11.5 Å². The topological polar surface area (TPSA) is 84.2 Å². The average Bonchev–Trinajstić information content (AvgIpc) is 3.37. The second-order valence-electron chi connectivity index (χ2n) is 9.13. The van der Waals surface area contributed by atoms with Gasteiger partial charge in [-0.2, -0.15) is 0 Å². The molecule has 0 saturated heterocycles. The summed E-state index contributed by atoms with van der Waals surface area (Å²) >= 11 is 0. The van der Waals surface area contributed by atoms with Crippen molar-refractivity contribution in [3.63, 3.8) is 0 Å². The smallest absolute Gasteiger partial charge is 0.212 e. The molecule has 0 amide bonds. The maximum absolute atomic E-state index is 13.9. The minimum Gasteiger partial charge on any atom is -0.493 e. The first-order valence-corrected chi connectivity index (χ1v) is 12.9. The Bertz CT molecular complexity index is 1500. The Balaban J connectivity index is 1.69. The lowest BCUT2D eigenvalue weighted by Gasteiger charge is -2.19. The molecule has 5 rings (SSSR count). The molecule has 0 bridgehead atoms. The molecule has 39 heavy (non-hydrogen) atoms. The van der Waals surface area contributed by atoms with Crippen LogP contribution >= 0.6 is 0 Å². The van der Waals surface area contributed by atoms with Crippen molar-refractivity contribution in [2.24, 2.45) is 5.16 Å². The summed E-state index contributed by atoms with van der Waals surface area (Å²) in [6, 6.07) is 21.0. The molecule has 1 heterocycles. The van der Waals surface area contributed by atoms with Gasteiger partial charge in [-0.25, -0.2) is 4.98 Å². The second kappa shape index (κ2) is 11.4. The van der Waals surface area contributed by atoms with E-state index in [9.17, 15) is 4.79 Å². The third-order valence-electron chi connectivity index (χ3n) is 6.72. The SMILES string of the molecule is CCCCn1c(-c2cc(OC)c(OC)c(OC)c2)nc2c1C(=O)c1ccccc1/C2=N/OCc1ccccc1. The molecule has 0 aliphatic heterocycles. The highest BCUT2D eigenvalue weighted by Gasteiger charge is 2.35. The predicted molar refractivity (Wildman–Crippen MR) is 149 cm³/mol. The number of ether oxygens (including phenoxy) is 3. The fourth-order valence-electron chi connectivity index (χ4n) is 4.79. The summed E-state index contributed by atoms with van der Waals surface area (Å²) in [4.78, 5) is 24.7. The highest BCUT2D eigenvalue weighted by atomic mass is 16.6. The van der Waals surface area contributed by atoms with Gasteiger partial charge >= 0.3 is 0 Å². The van der Waals surface area contributed by atoms with Crippen molar-refractivity contribution in [1.82, 2.24) is 9.55 Å². The van der Waals surface area contributed by atoms with Crippen LogP contribution in [-0.2, 0) is 18.0 Å². The Morgan fingerprint density at radius 1 is 0.872 bits per heavy atom. The van der Waals surface area contributed by atoms with E-state index >= 15 is 0 Å². The normalized spacial score (nSPS) is 13.1. The van der Waals surface area contributed by atoms with Crippen LogP contribution in [0.5, 0.6) is 17.2 Å². The highest BCUT2D eigenvalue weighted by Crippen LogP contribution is 2.42. The van der Waals surface area contributed by atoms with Gasteiger partial charge in [0.15, 0.2) is 11.5 Å². The fraction of sp³-hybridized carbons (Fsp3) is 0.258. The van der Waals surface area contributed by atoms with Crippen LogP contribution in [0.2, 0.25) is 0 Å². The predicted octanol–water partition coefficient (Wildman–Crippen LogP) is 5.89. The van der Waals surface area contributed by atoms with E-state index in [1.807, 2.05) is 71.3 Å². The van der Waals surface area contributed by atoms with Gasteiger partial charge in [0, 0.05) is 23.2 Å². The maximum atomic E-state index is 13.9. The van der Waals surface area contributed by atoms with Gasteiger partial charge in [-0.15, -0.1) is 0 Å². The van der Waals surface area contributed by atoms with Crippen LogP contribution in [0.15, 0.2) is 71.9 Å². The minimum absolute atomic E-state index is 0.0927. The van der Waals surface area contributed by atoms with E-state index in [-0.39, 0.29) is 5.78 Å². The molecule has 0 saturated carbocycles. The number of hydrogen-bond donors (Lipinski definition) is 0. The summed E-state index contributed by atoms with van der Waals surface area (Å²) in [5.41, 5.74) is 4.51. The van der Waals surface area contributed by atoms with E-state index in [0.29, 0.717) is 64.5 Å². The molecule has 1 aliphatic rings. The van der Waals surface area contributed by atoms with Gasteiger partial charge in [0.1, 0.15) is 29.5 Å². The molecule has 1 aromatic heterocycles. The van der Waals surface area contributed by atoms with Crippen LogP contribution < -0.4 is 14.2 Å². The number of carbonyl (C=O) groups excluding carboxylic acids is 1. The van der Waals surface area contributed by atoms with E-state index in [4.69, 9.17) is 24.0 Å². The average molecular weight is 526 g/mol. The van der Waals surface area contributed by atoms with Gasteiger partial charge in [0.25, 0.3) is 0 Å². The highest BCUT2D eigenvalue weighted by molar-refractivity contribution is 6.29. The number of nitrogens with zero attached hydrogens (tertiary/aromatic N) is 3. The summed E-state index contributed by atoms with van der Waals surface area (Å²) in [5, 5.41) is 4.54. The first-order chi connectivity index (χ1) is 19.1. The zero-order chi connectivity index (χ0) is 27.4. The second-order valence-corrected chi connectivity index (χ2v) is 9.13. The number of unbranched alkanes of at least 4 members (excludes halogenated alkanes) is 1. The number of imidazole rings is 1. The molecular weight excluding hydrogens is 494 g/mol. The van der Waals surface area contributed by atoms with Crippen LogP contribution in [0.25, 0.3) is 11.4 Å². The maximum Gasteiger partial charge on any atom is 0.212 e. The molecule has 0 spiro atoms. The number of rotatable bonds is 10. The summed E-state index contributed by atoms with van der Waals surface area (Å²) in [6.45, 7) is 3.02. The Morgan fingerprint density at radius 2 is 1.54 bits per heavy atom. The number of carbonyl (C=O) groups is 1. The third kappa shape index (κ3) is 4.85. The molecule has 0 unspecified atom stereocenters. The van der Waals surface area contributed by atoms with E-state index in [0.717, 1.165) is 24.0 Å². The summed E-state index contributed by atoms with van der Waals surface area (Å²) in [6.07, 6.45) is 1.82. The van der Waals surface area contributed by atoms with E-state index in [1.54, 1.807) is 21.3 Å². The minimum atomic E-state index is -0.0927. The molecule has 8 heteroatoms. The lowest BCUT2D eigenvalue weighted by Crippen LogP contribution is -2.24. The van der Waals surface area contributed by atoms with Crippen molar-refractivity contribution in [2.75, 3.05) is 21.3 Å². The summed E-state index contributed by atoms with van der Waals surface area (Å²) in [7, 11) is 4.71. The number of ketones is 1. The van der Waals surface area contributed by atoms with Crippen LogP contribution in [0, 0.1) is 0 Å². The summed E-state index contributed by atoms with van der Waals surface area (Å²) in [5.74, 6) is 2.02. The van der Waals surface area contributed by atoms with Crippen LogP contribution in [0.4, 0.5) is 0 Å². The lowest BCUT2D eigenvalue weighted by atomic mass is 9.89. The van der Waals surface area contributed by atoms with Crippen molar-refractivity contribution < 1.29 is 23.8 Å². The van der Waals surface area contributed by atoms with Crippen LogP contribution in [0.3, 0.4) is 0 Å². The number of oxime groups is 1. The largest absolute Gasteiger partial charge is 0.493 e. The molecule has 200 valence electrons. The Morgan fingerprint density at radius 3 is 2.18 bits per heavy atom. The third-order valence-corrected chi connectivity index (χ3v) is 6.72. The van der Waals surface area contributed by atoms with Gasteiger partial charge in [-0.05, 0) is 24.1 Å². The molecule has 0 N–H and O–H groups in total. The monoisotopic (exact) mass is 525 g/mol. The molecule has 3 aromatic carbocycles. The molecule has 0 atom stereocenters. The molecule has 0 radical (unpaired) electrons. The molecular formula is C31H31N3O5. The molecule has 0 fully saturated rings. The van der Waals surface area contributed by atoms with Crippen LogP contribution in [-0.4, -0.2) is 42.4 Å². The lowest BCUT2D eigenvalue weighted by molar-refractivity contribution is 0.102. The van der Waals surface area contributed by atoms with E-state index < -0.39 is 0 Å². The van der Waals surface area contributed by atoms with Gasteiger partial charge in [0.05, 0.1) is 21.3 Å². The number of aromatic nitrogens is 2. The van der Waals surface area contributed by atoms with Gasteiger partial charge in [-0.3, -0.25) is 4.79 Å². The van der Waals surface area contributed by atoms with Crippen molar-refractivity contribution in [3.05, 3.63) is 94.8 Å². The van der Waals surface area contributed by atoms with Gasteiger partial charge < -0.3 is 23.6 Å². The Labute approximate surface area is 227 Å². The summed E-state index contributed by atoms with van der Waals surface area (Å²) < 4.78 is 18.7. The van der Waals surface area contributed by atoms with Crippen molar-refractivity contribution >= 4 is 11.5 Å². The van der Waals surface area contributed by atoms with Crippen molar-refractivity contribution in [2.45, 2.75) is 32.9 Å². The van der Waals surface area contributed by atoms with E-state index in [2.05, 4.69) is 12.1 Å². The zero-order valence-corrected chi connectivity index (χ0v) is 22.6. The fourth-order valence-corrected chi connectivity index (χ4v) is 4.79. The van der Waals surface area contributed by atoms with Crippen molar-refractivity contribution in [3.8, 4) is 28.6 Å². The number of methoxy groups -OCH3 is 3. The molecule has 8 nitrogen and oxygen atoms in total. The Hall–Kier alpha value is -4.59. The first kappa shape index (κ1) is 26.0. The van der Waals surface area contributed by atoms with Crippen molar-refractivity contribution in [1.29, 1.82) is 0 Å². The number of benzene rings is 3. The number of hydrogen-bond acceptors (Lipinski definition) is 7. The van der Waals surface area contributed by atoms with E-state index in [1.165, 1.54) is 0 Å². The van der Waals surface area contributed by atoms with Gasteiger partial charge in [-0.1, -0.05) is 73.1 Å². The van der Waals surface area contributed by atoms with Crippen LogP contribution in [0.1, 0.15) is 52.6 Å². The quantitative estimate of drug-likeness (QED) is 0.212.